The van der Waals surface area contributed by atoms with Crippen molar-refractivity contribution < 1.29 is 19.1 Å². The maximum Gasteiger partial charge on any atom is 0.305 e. The molecule has 2 aromatic rings. The van der Waals surface area contributed by atoms with Crippen LogP contribution in [-0.4, -0.2) is 58.8 Å². The van der Waals surface area contributed by atoms with Crippen molar-refractivity contribution in [1.29, 1.82) is 0 Å². The second-order valence-corrected chi connectivity index (χ2v) is 6.81. The second kappa shape index (κ2) is 6.48. The number of carbonyl (C=O) groups excluding carboxylic acids is 3. The first-order chi connectivity index (χ1) is 12.6. The van der Waals surface area contributed by atoms with Crippen molar-refractivity contribution in [3.63, 3.8) is 0 Å². The zero-order valence-corrected chi connectivity index (χ0v) is 14.7. The van der Waals surface area contributed by atoms with Crippen LogP contribution in [0.5, 0.6) is 0 Å². The first-order valence-corrected chi connectivity index (χ1v) is 8.82. The normalized spacial score (nSPS) is 19.5. The number of aromatic nitrogens is 1. The molecule has 0 saturated carbocycles. The van der Waals surface area contributed by atoms with E-state index in [2.05, 4.69) is 9.72 Å². The summed E-state index contributed by atoms with van der Waals surface area (Å²) in [6.45, 7) is 0.909. The van der Waals surface area contributed by atoms with Crippen molar-refractivity contribution >= 4 is 28.7 Å². The summed E-state index contributed by atoms with van der Waals surface area (Å²) in [5.74, 6) is -0.383. The number of hydrogen-bond acceptors (Lipinski definition) is 4. The average molecular weight is 355 g/mol. The molecule has 1 atom stereocenters. The van der Waals surface area contributed by atoms with Gasteiger partial charge in [-0.2, -0.15) is 0 Å². The molecule has 7 heteroatoms. The van der Waals surface area contributed by atoms with Gasteiger partial charge in [0.15, 0.2) is 0 Å². The Morgan fingerprint density at radius 2 is 2.08 bits per heavy atom. The maximum absolute atomic E-state index is 12.9. The third-order valence-corrected chi connectivity index (χ3v) is 5.28. The molecule has 1 aromatic carbocycles. The van der Waals surface area contributed by atoms with E-state index in [1.54, 1.807) is 9.80 Å². The number of carbonyl (C=O) groups is 3. The van der Waals surface area contributed by atoms with Gasteiger partial charge in [0.2, 0.25) is 11.8 Å². The molecular weight excluding hydrogens is 334 g/mol. The molecule has 1 saturated heterocycles. The van der Waals surface area contributed by atoms with Gasteiger partial charge < -0.3 is 19.5 Å². The van der Waals surface area contributed by atoms with Crippen LogP contribution in [-0.2, 0) is 32.1 Å². The molecule has 0 bridgehead atoms. The Balaban J connectivity index is 1.54. The minimum Gasteiger partial charge on any atom is -0.469 e. The van der Waals surface area contributed by atoms with Crippen LogP contribution >= 0.6 is 0 Å². The Labute approximate surface area is 150 Å². The van der Waals surface area contributed by atoms with Gasteiger partial charge >= 0.3 is 5.97 Å². The van der Waals surface area contributed by atoms with Crippen LogP contribution in [0, 0.1) is 0 Å². The second-order valence-electron chi connectivity index (χ2n) is 6.81. The third-order valence-electron chi connectivity index (χ3n) is 5.28. The highest BCUT2D eigenvalue weighted by Crippen LogP contribution is 2.32. The molecule has 1 aromatic heterocycles. The molecular formula is C19H21N3O4. The van der Waals surface area contributed by atoms with E-state index in [0.717, 1.165) is 22.2 Å². The highest BCUT2D eigenvalue weighted by atomic mass is 16.5. The first kappa shape index (κ1) is 16.6. The molecule has 0 radical (unpaired) electrons. The maximum atomic E-state index is 12.9. The standard InChI is InChI=1S/C19H21N3O4/c1-26-18(24)7-4-8-21-11-17(23)22-10-15-13(9-16(22)19(21)25)12-5-2-3-6-14(12)20-15/h2-3,5-6,16,20H,4,7-11H2,1H3/t16-/m0/s1. The fourth-order valence-corrected chi connectivity index (χ4v) is 3.94. The van der Waals surface area contributed by atoms with Crippen molar-refractivity contribution in [2.75, 3.05) is 20.2 Å². The lowest BCUT2D eigenvalue weighted by Crippen LogP contribution is -2.61. The van der Waals surface area contributed by atoms with Gasteiger partial charge in [-0.05, 0) is 18.1 Å². The average Bonchev–Trinajstić information content (AvgIpc) is 3.02. The van der Waals surface area contributed by atoms with Gasteiger partial charge in [0.05, 0.1) is 20.2 Å². The first-order valence-electron chi connectivity index (χ1n) is 8.82. The quantitative estimate of drug-likeness (QED) is 0.836. The van der Waals surface area contributed by atoms with Gasteiger partial charge in [-0.25, -0.2) is 0 Å². The van der Waals surface area contributed by atoms with E-state index in [4.69, 9.17) is 0 Å². The summed E-state index contributed by atoms with van der Waals surface area (Å²) >= 11 is 0. The molecule has 0 aliphatic carbocycles. The molecule has 26 heavy (non-hydrogen) atoms. The van der Waals surface area contributed by atoms with Crippen LogP contribution in [0.3, 0.4) is 0 Å². The summed E-state index contributed by atoms with van der Waals surface area (Å²) in [6.07, 6.45) is 1.27. The smallest absolute Gasteiger partial charge is 0.305 e. The summed E-state index contributed by atoms with van der Waals surface area (Å²) in [4.78, 5) is 43.4. The lowest BCUT2D eigenvalue weighted by Gasteiger charge is -2.42. The molecule has 2 aliphatic heterocycles. The molecule has 7 nitrogen and oxygen atoms in total. The van der Waals surface area contributed by atoms with Crippen molar-refractivity contribution in [2.24, 2.45) is 0 Å². The zero-order valence-electron chi connectivity index (χ0n) is 14.7. The molecule has 1 fully saturated rings. The number of nitrogens with zero attached hydrogens (tertiary/aromatic N) is 2. The van der Waals surface area contributed by atoms with Crippen LogP contribution in [0.15, 0.2) is 24.3 Å². The highest BCUT2D eigenvalue weighted by Gasteiger charge is 2.42. The van der Waals surface area contributed by atoms with Crippen LogP contribution in [0.1, 0.15) is 24.1 Å². The molecule has 0 spiro atoms. The summed E-state index contributed by atoms with van der Waals surface area (Å²) in [5, 5.41) is 1.12. The van der Waals surface area contributed by atoms with Gasteiger partial charge in [0.25, 0.3) is 0 Å². The number of rotatable bonds is 4. The van der Waals surface area contributed by atoms with E-state index in [9.17, 15) is 14.4 Å². The van der Waals surface area contributed by atoms with E-state index >= 15 is 0 Å². The Bertz CT molecular complexity index is 888. The summed E-state index contributed by atoms with van der Waals surface area (Å²) in [5.41, 5.74) is 3.18. The minimum absolute atomic E-state index is 0.0367. The van der Waals surface area contributed by atoms with Crippen molar-refractivity contribution in [2.45, 2.75) is 31.8 Å². The van der Waals surface area contributed by atoms with Gasteiger partial charge in [0, 0.05) is 36.0 Å². The molecule has 1 N–H and O–H groups in total. The summed E-state index contributed by atoms with van der Waals surface area (Å²) in [6, 6.07) is 7.55. The van der Waals surface area contributed by atoms with Crippen LogP contribution < -0.4 is 0 Å². The van der Waals surface area contributed by atoms with E-state index in [0.29, 0.717) is 25.9 Å². The number of ether oxygens (including phenoxy) is 1. The monoisotopic (exact) mass is 355 g/mol. The van der Waals surface area contributed by atoms with Crippen molar-refractivity contribution in [3.8, 4) is 0 Å². The molecule has 2 amide bonds. The number of amides is 2. The number of para-hydroxylation sites is 1. The number of hydrogen-bond donors (Lipinski definition) is 1. The minimum atomic E-state index is -0.457. The predicted molar refractivity (Wildman–Crippen MR) is 94.2 cm³/mol. The van der Waals surface area contributed by atoms with Crippen molar-refractivity contribution in [3.05, 3.63) is 35.5 Å². The number of fused-ring (bicyclic) bond motifs is 4. The van der Waals surface area contributed by atoms with Gasteiger partial charge in [-0.3, -0.25) is 14.4 Å². The Morgan fingerprint density at radius 1 is 1.27 bits per heavy atom. The molecule has 3 heterocycles. The van der Waals surface area contributed by atoms with E-state index in [1.807, 2.05) is 24.3 Å². The molecule has 136 valence electrons. The number of aromatic amines is 1. The van der Waals surface area contributed by atoms with Crippen LogP contribution in [0.25, 0.3) is 10.9 Å². The Kier molecular flexibility index (Phi) is 4.14. The van der Waals surface area contributed by atoms with Gasteiger partial charge in [-0.15, -0.1) is 0 Å². The molecule has 0 unspecified atom stereocenters. The zero-order chi connectivity index (χ0) is 18.3. The summed E-state index contributed by atoms with van der Waals surface area (Å²) < 4.78 is 4.62. The van der Waals surface area contributed by atoms with E-state index in [1.165, 1.54) is 7.11 Å². The molecule has 2 aliphatic rings. The number of esters is 1. The molecule has 4 rings (SSSR count). The fraction of sp³-hybridized carbons (Fsp3) is 0.421. The number of methoxy groups -OCH3 is 1. The number of piperazine rings is 1. The third kappa shape index (κ3) is 2.73. The number of H-pyrrole nitrogens is 1. The van der Waals surface area contributed by atoms with Crippen LogP contribution in [0.4, 0.5) is 0 Å². The van der Waals surface area contributed by atoms with E-state index < -0.39 is 6.04 Å². The SMILES string of the molecule is COC(=O)CCCN1CC(=O)N2Cc3[nH]c4ccccc4c3C[C@H]2C1=O. The predicted octanol–water partition coefficient (Wildman–Crippen LogP) is 1.22. The topological polar surface area (TPSA) is 82.7 Å². The number of benzene rings is 1. The number of nitrogens with one attached hydrogen (secondary N) is 1. The van der Waals surface area contributed by atoms with Crippen LogP contribution in [0.2, 0.25) is 0 Å². The largest absolute Gasteiger partial charge is 0.469 e. The Morgan fingerprint density at radius 3 is 2.88 bits per heavy atom. The lowest BCUT2D eigenvalue weighted by molar-refractivity contribution is -0.157. The van der Waals surface area contributed by atoms with Crippen molar-refractivity contribution in [1.82, 2.24) is 14.8 Å². The Hall–Kier alpha value is -2.83. The summed E-state index contributed by atoms with van der Waals surface area (Å²) in [7, 11) is 1.34. The highest BCUT2D eigenvalue weighted by molar-refractivity contribution is 5.96. The van der Waals surface area contributed by atoms with E-state index in [-0.39, 0.29) is 30.7 Å². The van der Waals surface area contributed by atoms with Gasteiger partial charge in [-0.1, -0.05) is 18.2 Å². The van der Waals surface area contributed by atoms with Gasteiger partial charge in [0.1, 0.15) is 6.04 Å². The lowest BCUT2D eigenvalue weighted by atomic mass is 9.94. The fourth-order valence-electron chi connectivity index (χ4n) is 3.94.